The number of ether oxygens (including phenoxy) is 1. The number of benzene rings is 2. The van der Waals surface area contributed by atoms with Crippen molar-refractivity contribution in [1.29, 1.82) is 0 Å². The van der Waals surface area contributed by atoms with Gasteiger partial charge in [0.2, 0.25) is 0 Å². The van der Waals surface area contributed by atoms with E-state index in [1.165, 1.54) is 11.8 Å². The van der Waals surface area contributed by atoms with Crippen molar-refractivity contribution >= 4 is 11.6 Å². The van der Waals surface area contributed by atoms with Crippen LogP contribution in [0.1, 0.15) is 30.0 Å². The lowest BCUT2D eigenvalue weighted by Crippen LogP contribution is -2.11. The Morgan fingerprint density at radius 3 is 2.43 bits per heavy atom. The highest BCUT2D eigenvalue weighted by molar-refractivity contribution is 6.02. The fourth-order valence-electron chi connectivity index (χ4n) is 2.91. The average Bonchev–Trinajstić information content (AvgIpc) is 3.39. The van der Waals surface area contributed by atoms with Crippen molar-refractivity contribution in [1.82, 2.24) is 14.8 Å². The lowest BCUT2D eigenvalue weighted by Gasteiger charge is -2.08. The molecular weight excluding hydrogens is 380 g/mol. The van der Waals surface area contributed by atoms with E-state index in [9.17, 15) is 4.79 Å². The monoisotopic (exact) mass is 402 g/mol. The van der Waals surface area contributed by atoms with Crippen LogP contribution in [0.5, 0.6) is 6.01 Å². The number of rotatable bonds is 6. The van der Waals surface area contributed by atoms with Crippen LogP contribution in [0, 0.1) is 6.92 Å². The van der Waals surface area contributed by atoms with Crippen molar-refractivity contribution < 1.29 is 13.9 Å². The Labute approximate surface area is 174 Å². The lowest BCUT2D eigenvalue weighted by molar-refractivity contribution is 0.0996. The van der Waals surface area contributed by atoms with Crippen LogP contribution in [-0.2, 0) is 0 Å². The molecule has 0 aliphatic rings. The number of carbonyl (C=O) groups excluding carboxylic acids is 1. The van der Waals surface area contributed by atoms with Gasteiger partial charge in [-0.15, -0.1) is 5.10 Å². The summed E-state index contributed by atoms with van der Waals surface area (Å²) in [5.41, 5.74) is 3.55. The SMILES string of the molecule is Cc1ccc(-c2nc(OC(C)C)nn2-c2ccc(NC(=O)c3ccco3)cc2)cc1. The molecule has 0 atom stereocenters. The van der Waals surface area contributed by atoms with Crippen molar-refractivity contribution in [2.75, 3.05) is 5.32 Å². The Morgan fingerprint density at radius 1 is 1.07 bits per heavy atom. The Kier molecular flexibility index (Phi) is 5.34. The Bertz CT molecular complexity index is 1130. The van der Waals surface area contributed by atoms with Crippen molar-refractivity contribution in [3.63, 3.8) is 0 Å². The zero-order valence-corrected chi connectivity index (χ0v) is 17.0. The topological polar surface area (TPSA) is 82.2 Å². The van der Waals surface area contributed by atoms with Gasteiger partial charge in [0.15, 0.2) is 11.6 Å². The summed E-state index contributed by atoms with van der Waals surface area (Å²) in [5.74, 6) is 0.631. The number of amides is 1. The molecule has 7 heteroatoms. The molecule has 0 saturated carbocycles. The largest absolute Gasteiger partial charge is 0.460 e. The molecule has 1 N–H and O–H groups in total. The fourth-order valence-corrected chi connectivity index (χ4v) is 2.91. The first-order valence-electron chi connectivity index (χ1n) is 9.65. The first-order valence-corrected chi connectivity index (χ1v) is 9.65. The van der Waals surface area contributed by atoms with Gasteiger partial charge in [0.05, 0.1) is 18.1 Å². The Morgan fingerprint density at radius 2 is 1.80 bits per heavy atom. The Balaban J connectivity index is 1.64. The third-order valence-electron chi connectivity index (χ3n) is 4.35. The molecule has 0 spiro atoms. The predicted octanol–water partition coefficient (Wildman–Crippen LogP) is 4.88. The summed E-state index contributed by atoms with van der Waals surface area (Å²) >= 11 is 0. The predicted molar refractivity (Wildman–Crippen MR) is 114 cm³/mol. The highest BCUT2D eigenvalue weighted by Gasteiger charge is 2.16. The summed E-state index contributed by atoms with van der Waals surface area (Å²) in [4.78, 5) is 16.7. The number of furan rings is 1. The summed E-state index contributed by atoms with van der Waals surface area (Å²) in [7, 11) is 0. The average molecular weight is 402 g/mol. The number of aromatic nitrogens is 3. The van der Waals surface area contributed by atoms with E-state index < -0.39 is 0 Å². The first kappa shape index (κ1) is 19.4. The maximum absolute atomic E-state index is 12.2. The van der Waals surface area contributed by atoms with Crippen LogP contribution in [0.4, 0.5) is 5.69 Å². The zero-order chi connectivity index (χ0) is 21.1. The first-order chi connectivity index (χ1) is 14.5. The van der Waals surface area contributed by atoms with E-state index in [0.717, 1.165) is 11.3 Å². The molecule has 0 radical (unpaired) electrons. The molecule has 0 aliphatic heterocycles. The van der Waals surface area contributed by atoms with E-state index in [1.807, 2.05) is 57.2 Å². The third-order valence-corrected chi connectivity index (χ3v) is 4.35. The van der Waals surface area contributed by atoms with Gasteiger partial charge in [-0.25, -0.2) is 4.68 Å². The lowest BCUT2D eigenvalue weighted by atomic mass is 10.1. The van der Waals surface area contributed by atoms with Crippen LogP contribution >= 0.6 is 0 Å². The Hall–Kier alpha value is -3.87. The summed E-state index contributed by atoms with van der Waals surface area (Å²) in [6, 6.07) is 19.0. The fraction of sp³-hybridized carbons (Fsp3) is 0.174. The van der Waals surface area contributed by atoms with Crippen molar-refractivity contribution in [2.24, 2.45) is 0 Å². The third kappa shape index (κ3) is 4.25. The summed E-state index contributed by atoms with van der Waals surface area (Å²) in [5, 5.41) is 7.34. The van der Waals surface area contributed by atoms with Crippen molar-refractivity contribution in [2.45, 2.75) is 26.9 Å². The second-order valence-electron chi connectivity index (χ2n) is 7.14. The van der Waals surface area contributed by atoms with E-state index >= 15 is 0 Å². The molecule has 1 amide bonds. The molecular formula is C23H22N4O3. The molecule has 0 bridgehead atoms. The second-order valence-corrected chi connectivity index (χ2v) is 7.14. The van der Waals surface area contributed by atoms with Gasteiger partial charge >= 0.3 is 6.01 Å². The van der Waals surface area contributed by atoms with Gasteiger partial charge in [0.1, 0.15) is 0 Å². The van der Waals surface area contributed by atoms with Crippen LogP contribution in [0.25, 0.3) is 17.1 Å². The van der Waals surface area contributed by atoms with Gasteiger partial charge in [-0.3, -0.25) is 4.79 Å². The highest BCUT2D eigenvalue weighted by Crippen LogP contribution is 2.25. The van der Waals surface area contributed by atoms with Gasteiger partial charge in [-0.05, 0) is 57.2 Å². The van der Waals surface area contributed by atoms with Gasteiger partial charge in [0, 0.05) is 11.3 Å². The summed E-state index contributed by atoms with van der Waals surface area (Å²) < 4.78 is 12.6. The molecule has 2 aromatic heterocycles. The standard InChI is InChI=1S/C23H22N4O3/c1-15(2)30-23-25-21(17-8-6-16(3)7-9-17)27(26-23)19-12-10-18(11-13-19)24-22(28)20-5-4-14-29-20/h4-15H,1-3H3,(H,24,28). The van der Waals surface area contributed by atoms with Gasteiger partial charge < -0.3 is 14.5 Å². The molecule has 2 aromatic carbocycles. The van der Waals surface area contributed by atoms with E-state index in [-0.39, 0.29) is 17.8 Å². The molecule has 4 rings (SSSR count). The maximum Gasteiger partial charge on any atom is 0.336 e. The molecule has 30 heavy (non-hydrogen) atoms. The second kappa shape index (κ2) is 8.24. The normalized spacial score (nSPS) is 10.9. The number of nitrogens with zero attached hydrogens (tertiary/aromatic N) is 3. The molecule has 0 aliphatic carbocycles. The summed E-state index contributed by atoms with van der Waals surface area (Å²) in [6.45, 7) is 5.91. The minimum Gasteiger partial charge on any atom is -0.460 e. The van der Waals surface area contributed by atoms with Gasteiger partial charge in [0.25, 0.3) is 5.91 Å². The van der Waals surface area contributed by atoms with Crippen LogP contribution in [-0.4, -0.2) is 26.8 Å². The molecule has 0 unspecified atom stereocenters. The highest BCUT2D eigenvalue weighted by atomic mass is 16.5. The minimum absolute atomic E-state index is 0.0362. The number of hydrogen-bond acceptors (Lipinski definition) is 5. The van der Waals surface area contributed by atoms with Crippen LogP contribution in [0.2, 0.25) is 0 Å². The number of nitrogens with one attached hydrogen (secondary N) is 1. The smallest absolute Gasteiger partial charge is 0.336 e. The van der Waals surface area contributed by atoms with E-state index in [0.29, 0.717) is 17.5 Å². The molecule has 2 heterocycles. The molecule has 4 aromatic rings. The van der Waals surface area contributed by atoms with Crippen molar-refractivity contribution in [3.8, 4) is 23.1 Å². The maximum atomic E-state index is 12.2. The number of hydrogen-bond donors (Lipinski definition) is 1. The van der Waals surface area contributed by atoms with Crippen LogP contribution < -0.4 is 10.1 Å². The molecule has 7 nitrogen and oxygen atoms in total. The molecule has 0 saturated heterocycles. The van der Waals surface area contributed by atoms with E-state index in [2.05, 4.69) is 15.4 Å². The van der Waals surface area contributed by atoms with E-state index in [1.54, 1.807) is 28.9 Å². The van der Waals surface area contributed by atoms with E-state index in [4.69, 9.17) is 9.15 Å². The number of aryl methyl sites for hydroxylation is 1. The molecule has 152 valence electrons. The number of anilines is 1. The zero-order valence-electron chi connectivity index (χ0n) is 17.0. The number of carbonyl (C=O) groups is 1. The quantitative estimate of drug-likeness (QED) is 0.497. The minimum atomic E-state index is -0.304. The van der Waals surface area contributed by atoms with Gasteiger partial charge in [-0.2, -0.15) is 4.98 Å². The van der Waals surface area contributed by atoms with Crippen LogP contribution in [0.3, 0.4) is 0 Å². The van der Waals surface area contributed by atoms with Crippen LogP contribution in [0.15, 0.2) is 71.3 Å². The molecule has 0 fully saturated rings. The van der Waals surface area contributed by atoms with Gasteiger partial charge in [-0.1, -0.05) is 29.8 Å². The summed E-state index contributed by atoms with van der Waals surface area (Å²) in [6.07, 6.45) is 1.43. The van der Waals surface area contributed by atoms with Crippen molar-refractivity contribution in [3.05, 3.63) is 78.3 Å².